The minimum Gasteiger partial charge on any atom is -0.280 e. The first-order valence-corrected chi connectivity index (χ1v) is 8.34. The van der Waals surface area contributed by atoms with Crippen LogP contribution in [0.2, 0.25) is 15.1 Å². The molecule has 0 unspecified atom stereocenters. The summed E-state index contributed by atoms with van der Waals surface area (Å²) < 4.78 is 0. The number of para-hydroxylation sites is 1. The van der Waals surface area contributed by atoms with Crippen LogP contribution in [0.1, 0.15) is 0 Å². The van der Waals surface area contributed by atoms with Crippen LogP contribution in [0.5, 0.6) is 0 Å². The van der Waals surface area contributed by atoms with E-state index in [4.69, 9.17) is 34.8 Å². The number of benzene rings is 3. The molecule has 3 rings (SSSR count). The maximum absolute atomic E-state index is 6.25. The summed E-state index contributed by atoms with van der Waals surface area (Å²) in [6.45, 7) is 0. The molecule has 3 aromatic carbocycles. The van der Waals surface area contributed by atoms with Gasteiger partial charge < -0.3 is 0 Å². The van der Waals surface area contributed by atoms with Gasteiger partial charge in [-0.05, 0) is 54.6 Å². The highest BCUT2D eigenvalue weighted by Gasteiger charge is 2.09. The van der Waals surface area contributed by atoms with Crippen molar-refractivity contribution in [3.8, 4) is 0 Å². The normalized spacial score (nSPS) is 10.3. The van der Waals surface area contributed by atoms with Gasteiger partial charge in [0.15, 0.2) is 0 Å². The largest absolute Gasteiger partial charge is 0.280 e. The quantitative estimate of drug-likeness (QED) is 0.496. The molecule has 0 saturated carbocycles. The van der Waals surface area contributed by atoms with Crippen molar-refractivity contribution in [1.29, 1.82) is 0 Å². The lowest BCUT2D eigenvalue weighted by atomic mass is 10.3. The van der Waals surface area contributed by atoms with Crippen LogP contribution in [-0.4, -0.2) is 0 Å². The fourth-order valence-corrected chi connectivity index (χ4v) is 2.59. The van der Waals surface area contributed by atoms with Gasteiger partial charge in [-0.3, -0.25) is 10.9 Å². The van der Waals surface area contributed by atoms with Crippen molar-refractivity contribution in [1.82, 2.24) is 0 Å². The first kappa shape index (κ1) is 16.8. The van der Waals surface area contributed by atoms with E-state index in [2.05, 4.69) is 10.9 Å². The topological polar surface area (TPSA) is 27.3 Å². The third-order valence-electron chi connectivity index (χ3n) is 3.26. The van der Waals surface area contributed by atoms with Gasteiger partial charge in [0.2, 0.25) is 0 Å². The Kier molecular flexibility index (Phi) is 5.36. The minimum absolute atomic E-state index is 0.613. The molecule has 0 fully saturated rings. The van der Waals surface area contributed by atoms with Crippen molar-refractivity contribution in [2.45, 2.75) is 0 Å². The number of hydrogen-bond acceptors (Lipinski definition) is 3. The number of hydrazine groups is 2. The molecule has 0 bridgehead atoms. The molecule has 2 N–H and O–H groups in total. The van der Waals surface area contributed by atoms with Gasteiger partial charge in [0, 0.05) is 10.0 Å². The van der Waals surface area contributed by atoms with E-state index in [0.717, 1.165) is 17.1 Å². The Morgan fingerprint density at radius 3 is 2.12 bits per heavy atom. The Bertz CT molecular complexity index is 822. The minimum atomic E-state index is 0.613. The number of halogens is 3. The van der Waals surface area contributed by atoms with Gasteiger partial charge in [-0.15, -0.1) is 0 Å². The SMILES string of the molecule is Clc1ccc(NN(Nc2ccccc2Cl)c2cccc(Cl)c2)cc1. The van der Waals surface area contributed by atoms with Crippen molar-refractivity contribution < 1.29 is 0 Å². The van der Waals surface area contributed by atoms with Gasteiger partial charge in [0.05, 0.1) is 22.1 Å². The van der Waals surface area contributed by atoms with Gasteiger partial charge in [-0.25, -0.2) is 0 Å². The van der Waals surface area contributed by atoms with E-state index in [1.165, 1.54) is 0 Å². The predicted octanol–water partition coefficient (Wildman–Crippen LogP) is 6.51. The highest BCUT2D eigenvalue weighted by molar-refractivity contribution is 6.33. The van der Waals surface area contributed by atoms with Crippen molar-refractivity contribution in [3.05, 3.63) is 87.9 Å². The molecule has 0 radical (unpaired) electrons. The number of nitrogens with zero attached hydrogens (tertiary/aromatic N) is 1. The molecular weight excluding hydrogens is 365 g/mol. The van der Waals surface area contributed by atoms with Gasteiger partial charge >= 0.3 is 0 Å². The van der Waals surface area contributed by atoms with E-state index in [-0.39, 0.29) is 0 Å². The van der Waals surface area contributed by atoms with Crippen LogP contribution in [0.25, 0.3) is 0 Å². The van der Waals surface area contributed by atoms with Gasteiger partial charge in [-0.1, -0.05) is 53.0 Å². The monoisotopic (exact) mass is 377 g/mol. The number of hydrogen-bond donors (Lipinski definition) is 2. The smallest absolute Gasteiger partial charge is 0.0826 e. The van der Waals surface area contributed by atoms with Crippen LogP contribution in [0.3, 0.4) is 0 Å². The molecule has 0 aliphatic heterocycles. The van der Waals surface area contributed by atoms with E-state index < -0.39 is 0 Å². The molecule has 0 heterocycles. The van der Waals surface area contributed by atoms with E-state index in [9.17, 15) is 0 Å². The highest BCUT2D eigenvalue weighted by Crippen LogP contribution is 2.26. The standard InChI is InChI=1S/C18H14Cl3N3/c19-13-8-10-15(11-9-13)22-24(16-5-3-4-14(20)12-16)23-18-7-2-1-6-17(18)21/h1-12,22-23H. The average Bonchev–Trinajstić information content (AvgIpc) is 2.58. The lowest BCUT2D eigenvalue weighted by Gasteiger charge is -2.28. The van der Waals surface area contributed by atoms with Crippen molar-refractivity contribution in [2.24, 2.45) is 0 Å². The van der Waals surface area contributed by atoms with Crippen molar-refractivity contribution >= 4 is 51.9 Å². The van der Waals surface area contributed by atoms with Gasteiger partial charge in [0.25, 0.3) is 0 Å². The van der Waals surface area contributed by atoms with E-state index in [1.54, 1.807) is 5.12 Å². The summed E-state index contributed by atoms with van der Waals surface area (Å²) in [6, 6.07) is 22.4. The molecule has 0 aromatic heterocycles. The fourth-order valence-electron chi connectivity index (χ4n) is 2.10. The molecule has 122 valence electrons. The summed E-state index contributed by atoms with van der Waals surface area (Å²) in [5.74, 6) is 0. The van der Waals surface area contributed by atoms with Gasteiger partial charge in [0.1, 0.15) is 0 Å². The maximum atomic E-state index is 6.25. The summed E-state index contributed by atoms with van der Waals surface area (Å²) in [5.41, 5.74) is 8.98. The van der Waals surface area contributed by atoms with Crippen LogP contribution in [0.4, 0.5) is 17.1 Å². The molecule has 6 heteroatoms. The first-order valence-electron chi connectivity index (χ1n) is 7.21. The maximum Gasteiger partial charge on any atom is 0.0826 e. The third-order valence-corrected chi connectivity index (χ3v) is 4.07. The van der Waals surface area contributed by atoms with Crippen molar-refractivity contribution in [3.63, 3.8) is 0 Å². The lowest BCUT2D eigenvalue weighted by molar-refractivity contribution is 1.06. The van der Waals surface area contributed by atoms with E-state index in [1.807, 2.05) is 72.8 Å². The third kappa shape index (κ3) is 4.26. The van der Waals surface area contributed by atoms with Crippen LogP contribution in [-0.2, 0) is 0 Å². The Labute approximate surface area is 155 Å². The molecule has 0 aliphatic rings. The van der Waals surface area contributed by atoms with Crippen LogP contribution in [0, 0.1) is 0 Å². The van der Waals surface area contributed by atoms with Crippen molar-refractivity contribution in [2.75, 3.05) is 16.0 Å². The second-order valence-electron chi connectivity index (χ2n) is 5.03. The number of rotatable bonds is 5. The Balaban J connectivity index is 1.91. The zero-order valence-corrected chi connectivity index (χ0v) is 14.8. The Morgan fingerprint density at radius 2 is 1.42 bits per heavy atom. The number of nitrogens with one attached hydrogen (secondary N) is 2. The molecule has 0 saturated heterocycles. The first-order chi connectivity index (χ1) is 11.6. The Morgan fingerprint density at radius 1 is 0.667 bits per heavy atom. The molecule has 3 aromatic rings. The summed E-state index contributed by atoms with van der Waals surface area (Å²) in [7, 11) is 0. The summed E-state index contributed by atoms with van der Waals surface area (Å²) in [4.78, 5) is 0. The fraction of sp³-hybridized carbons (Fsp3) is 0. The van der Waals surface area contributed by atoms with Crippen LogP contribution in [0.15, 0.2) is 72.8 Å². The molecule has 0 spiro atoms. The molecular formula is C18H14Cl3N3. The van der Waals surface area contributed by atoms with E-state index in [0.29, 0.717) is 15.1 Å². The summed E-state index contributed by atoms with van der Waals surface area (Å²) >= 11 is 18.3. The second-order valence-corrected chi connectivity index (χ2v) is 6.31. The molecule has 0 aliphatic carbocycles. The lowest BCUT2D eigenvalue weighted by Crippen LogP contribution is -2.35. The van der Waals surface area contributed by atoms with Gasteiger partial charge in [-0.2, -0.15) is 5.12 Å². The highest BCUT2D eigenvalue weighted by atomic mass is 35.5. The zero-order chi connectivity index (χ0) is 16.9. The predicted molar refractivity (Wildman–Crippen MR) is 104 cm³/mol. The average molecular weight is 379 g/mol. The second kappa shape index (κ2) is 7.67. The van der Waals surface area contributed by atoms with Crippen LogP contribution >= 0.6 is 34.8 Å². The summed E-state index contributed by atoms with van der Waals surface area (Å²) in [6.07, 6.45) is 0. The number of anilines is 3. The molecule has 24 heavy (non-hydrogen) atoms. The zero-order valence-electron chi connectivity index (χ0n) is 12.5. The van der Waals surface area contributed by atoms with E-state index >= 15 is 0 Å². The summed E-state index contributed by atoms with van der Waals surface area (Å²) in [5, 5.41) is 3.67. The van der Waals surface area contributed by atoms with Crippen LogP contribution < -0.4 is 16.0 Å². The molecule has 0 atom stereocenters. The molecule has 3 nitrogen and oxygen atoms in total. The molecule has 0 amide bonds. The Hall–Kier alpha value is -2.07.